The third-order valence-corrected chi connectivity index (χ3v) is 5.68. The highest BCUT2D eigenvalue weighted by Gasteiger charge is 2.32. The number of amides is 1. The van der Waals surface area contributed by atoms with Gasteiger partial charge in [0.1, 0.15) is 11.5 Å². The summed E-state index contributed by atoms with van der Waals surface area (Å²) >= 11 is 9.67. The number of thiocarbonyl (C=S) groups is 1. The van der Waals surface area contributed by atoms with E-state index in [0.29, 0.717) is 10.7 Å². The van der Waals surface area contributed by atoms with Gasteiger partial charge in [0.2, 0.25) is 0 Å². The highest BCUT2D eigenvalue weighted by atomic mass is 79.9. The van der Waals surface area contributed by atoms with E-state index in [9.17, 15) is 20.0 Å². The average Bonchev–Trinajstić information content (AvgIpc) is 2.94. The third kappa shape index (κ3) is 4.63. The van der Waals surface area contributed by atoms with E-state index in [2.05, 4.69) is 21.0 Å². The number of nitro groups is 1. The van der Waals surface area contributed by atoms with Crippen LogP contribution in [0.3, 0.4) is 0 Å². The largest absolute Gasteiger partial charge is 0.507 e. The number of non-ortho nitro benzene ring substituents is 1. The second-order valence-corrected chi connectivity index (χ2v) is 8.16. The number of hydrazone groups is 1. The van der Waals surface area contributed by atoms with Crippen LogP contribution >= 0.6 is 39.9 Å². The summed E-state index contributed by atoms with van der Waals surface area (Å²) in [7, 11) is 1.56. The summed E-state index contributed by atoms with van der Waals surface area (Å²) in [5.41, 5.74) is 0.648. The second-order valence-electron chi connectivity index (χ2n) is 5.63. The van der Waals surface area contributed by atoms with E-state index in [1.165, 1.54) is 12.1 Å². The molecule has 3 rings (SSSR count). The van der Waals surface area contributed by atoms with Crippen LogP contribution in [0.2, 0.25) is 0 Å². The standard InChI is InChI=1S/C18H12BrN3O5S2/c1-27-15-5-2-10(6-13(15)19)7-16-17(24)21(18(28)29-16)20-9-11-8-12(22(25)26)3-4-14(11)23/h2-9,23H,1H3. The minimum Gasteiger partial charge on any atom is -0.507 e. The van der Waals surface area contributed by atoms with Gasteiger partial charge in [-0.3, -0.25) is 14.9 Å². The van der Waals surface area contributed by atoms with Gasteiger partial charge in [0.05, 0.1) is 27.6 Å². The van der Waals surface area contributed by atoms with Crippen molar-refractivity contribution in [2.24, 2.45) is 5.10 Å². The van der Waals surface area contributed by atoms with Crippen molar-refractivity contribution in [3.05, 3.63) is 67.0 Å². The SMILES string of the molecule is COc1ccc(C=C2SC(=S)N(N=Cc3cc([N+](=O)[O-])ccc3O)C2=O)cc1Br. The van der Waals surface area contributed by atoms with Crippen molar-refractivity contribution < 1.29 is 19.6 Å². The van der Waals surface area contributed by atoms with E-state index in [1.54, 1.807) is 31.4 Å². The molecule has 1 heterocycles. The number of thioether (sulfide) groups is 1. The fraction of sp³-hybridized carbons (Fsp3) is 0.0556. The highest BCUT2D eigenvalue weighted by molar-refractivity contribution is 9.10. The fourth-order valence-corrected chi connectivity index (χ4v) is 4.09. The molecule has 1 fully saturated rings. The van der Waals surface area contributed by atoms with Crippen molar-refractivity contribution >= 4 is 68.1 Å². The molecule has 0 bridgehead atoms. The van der Waals surface area contributed by atoms with Crippen LogP contribution in [0.25, 0.3) is 6.08 Å². The number of hydrogen-bond donors (Lipinski definition) is 1. The molecule has 0 aromatic heterocycles. The van der Waals surface area contributed by atoms with Crippen LogP contribution in [0.15, 0.2) is 50.9 Å². The molecular formula is C18H12BrN3O5S2. The number of ether oxygens (including phenoxy) is 1. The molecule has 2 aromatic carbocycles. The molecule has 1 saturated heterocycles. The Hall–Kier alpha value is -2.76. The van der Waals surface area contributed by atoms with Gasteiger partial charge in [-0.2, -0.15) is 10.1 Å². The number of phenols is 1. The molecular weight excluding hydrogens is 482 g/mol. The molecule has 0 saturated carbocycles. The molecule has 1 N–H and O–H groups in total. The molecule has 148 valence electrons. The van der Waals surface area contributed by atoms with Crippen LogP contribution in [0, 0.1) is 10.1 Å². The van der Waals surface area contributed by atoms with Gasteiger partial charge >= 0.3 is 0 Å². The lowest BCUT2D eigenvalue weighted by molar-refractivity contribution is -0.384. The average molecular weight is 494 g/mol. The number of nitrogens with zero attached hydrogens (tertiary/aromatic N) is 3. The monoisotopic (exact) mass is 493 g/mol. The number of phenolic OH excluding ortho intramolecular Hbond substituents is 1. The molecule has 1 amide bonds. The smallest absolute Gasteiger partial charge is 0.286 e. The van der Waals surface area contributed by atoms with Crippen LogP contribution < -0.4 is 4.74 Å². The Labute approximate surface area is 183 Å². The zero-order chi connectivity index (χ0) is 21.1. The van der Waals surface area contributed by atoms with Gasteiger partial charge in [0.25, 0.3) is 11.6 Å². The first-order valence-electron chi connectivity index (χ1n) is 7.93. The maximum Gasteiger partial charge on any atom is 0.286 e. The van der Waals surface area contributed by atoms with Crippen molar-refractivity contribution in [1.29, 1.82) is 0 Å². The Balaban J connectivity index is 1.84. The maximum atomic E-state index is 12.6. The molecule has 8 nitrogen and oxygen atoms in total. The first-order chi connectivity index (χ1) is 13.8. The number of halogens is 1. The zero-order valence-corrected chi connectivity index (χ0v) is 18.0. The topological polar surface area (TPSA) is 105 Å². The first-order valence-corrected chi connectivity index (χ1v) is 9.95. The van der Waals surface area contributed by atoms with E-state index in [-0.39, 0.29) is 21.3 Å². The van der Waals surface area contributed by atoms with E-state index in [1.807, 2.05) is 0 Å². The summed E-state index contributed by atoms with van der Waals surface area (Å²) in [5.74, 6) is 0.0209. The zero-order valence-electron chi connectivity index (χ0n) is 14.7. The number of carbonyl (C=O) groups is 1. The van der Waals surface area contributed by atoms with Crippen molar-refractivity contribution in [2.45, 2.75) is 0 Å². The quantitative estimate of drug-likeness (QED) is 0.217. The van der Waals surface area contributed by atoms with Crippen LogP contribution in [-0.4, -0.2) is 38.6 Å². The van der Waals surface area contributed by atoms with Crippen LogP contribution in [0.1, 0.15) is 11.1 Å². The summed E-state index contributed by atoms with van der Waals surface area (Å²) in [6, 6.07) is 8.87. The maximum absolute atomic E-state index is 12.6. The van der Waals surface area contributed by atoms with Crippen LogP contribution in [0.5, 0.6) is 11.5 Å². The number of hydrogen-bond acceptors (Lipinski definition) is 8. The predicted molar refractivity (Wildman–Crippen MR) is 118 cm³/mol. The molecule has 0 atom stereocenters. The Morgan fingerprint density at radius 3 is 2.76 bits per heavy atom. The molecule has 1 aliphatic heterocycles. The van der Waals surface area contributed by atoms with Crippen molar-refractivity contribution in [3.8, 4) is 11.5 Å². The lowest BCUT2D eigenvalue weighted by Crippen LogP contribution is -2.22. The van der Waals surface area contributed by atoms with Gasteiger partial charge in [-0.05, 0) is 58.0 Å². The molecule has 2 aromatic rings. The van der Waals surface area contributed by atoms with Gasteiger partial charge in [-0.15, -0.1) is 0 Å². The Morgan fingerprint density at radius 2 is 2.10 bits per heavy atom. The van der Waals surface area contributed by atoms with E-state index in [4.69, 9.17) is 17.0 Å². The minimum absolute atomic E-state index is 0.0938. The summed E-state index contributed by atoms with van der Waals surface area (Å²) in [4.78, 5) is 23.3. The number of nitro benzene ring substituents is 1. The van der Waals surface area contributed by atoms with Gasteiger partial charge < -0.3 is 9.84 Å². The second kappa shape index (κ2) is 8.72. The molecule has 0 spiro atoms. The van der Waals surface area contributed by atoms with Gasteiger partial charge in [0.15, 0.2) is 4.32 Å². The minimum atomic E-state index is -0.591. The van der Waals surface area contributed by atoms with Gasteiger partial charge in [-0.1, -0.05) is 17.8 Å². The first kappa shape index (κ1) is 21.0. The fourth-order valence-electron chi connectivity index (χ4n) is 2.36. The molecule has 0 unspecified atom stereocenters. The predicted octanol–water partition coefficient (Wildman–Crippen LogP) is 4.31. The van der Waals surface area contributed by atoms with E-state index < -0.39 is 10.8 Å². The Bertz CT molecular complexity index is 1090. The number of carbonyl (C=O) groups excluding carboxylic acids is 1. The van der Waals surface area contributed by atoms with Crippen LogP contribution in [0.4, 0.5) is 5.69 Å². The van der Waals surface area contributed by atoms with Crippen molar-refractivity contribution in [2.75, 3.05) is 7.11 Å². The lowest BCUT2D eigenvalue weighted by atomic mass is 10.2. The van der Waals surface area contributed by atoms with Crippen LogP contribution in [-0.2, 0) is 4.79 Å². The van der Waals surface area contributed by atoms with Crippen molar-refractivity contribution in [3.63, 3.8) is 0 Å². The highest BCUT2D eigenvalue weighted by Crippen LogP contribution is 2.34. The number of rotatable bonds is 5. The Kier molecular flexibility index (Phi) is 6.30. The Morgan fingerprint density at radius 1 is 1.34 bits per heavy atom. The lowest BCUT2D eigenvalue weighted by Gasteiger charge is -2.07. The number of methoxy groups -OCH3 is 1. The molecule has 0 radical (unpaired) electrons. The summed E-state index contributed by atoms with van der Waals surface area (Å²) in [6.45, 7) is 0. The number of benzene rings is 2. The van der Waals surface area contributed by atoms with Gasteiger partial charge in [0, 0.05) is 17.7 Å². The molecule has 1 aliphatic rings. The normalized spacial score (nSPS) is 15.5. The number of aromatic hydroxyl groups is 1. The summed E-state index contributed by atoms with van der Waals surface area (Å²) in [5, 5.41) is 25.7. The molecule has 0 aliphatic carbocycles. The van der Waals surface area contributed by atoms with Crippen molar-refractivity contribution in [1.82, 2.24) is 5.01 Å². The summed E-state index contributed by atoms with van der Waals surface area (Å²) < 4.78 is 6.12. The van der Waals surface area contributed by atoms with Gasteiger partial charge in [-0.25, -0.2) is 0 Å². The molecule has 11 heteroatoms. The molecule has 29 heavy (non-hydrogen) atoms. The summed E-state index contributed by atoms with van der Waals surface area (Å²) in [6.07, 6.45) is 2.82. The van der Waals surface area contributed by atoms with E-state index in [0.717, 1.165) is 39.1 Å². The van der Waals surface area contributed by atoms with E-state index >= 15 is 0 Å². The third-order valence-electron chi connectivity index (χ3n) is 3.78.